The number of ether oxygens (including phenoxy) is 1. The van der Waals surface area contributed by atoms with Crippen LogP contribution in [0.3, 0.4) is 0 Å². The molecule has 4 aromatic carbocycles. The van der Waals surface area contributed by atoms with Gasteiger partial charge in [0.1, 0.15) is 11.4 Å². The lowest BCUT2D eigenvalue weighted by atomic mass is 10.1. The fraction of sp³-hybridized carbons (Fsp3) is 0.0938. The first kappa shape index (κ1) is 27.4. The van der Waals surface area contributed by atoms with Crippen molar-refractivity contribution in [1.29, 1.82) is 0 Å². The maximum Gasteiger partial charge on any atom is 0.272 e. The summed E-state index contributed by atoms with van der Waals surface area (Å²) in [6, 6.07) is 30.6. The number of methoxy groups -OCH3 is 1. The van der Waals surface area contributed by atoms with Crippen molar-refractivity contribution in [2.24, 2.45) is 0 Å². The summed E-state index contributed by atoms with van der Waals surface area (Å²) in [6.45, 7) is 1.94. The highest BCUT2D eigenvalue weighted by molar-refractivity contribution is 8.00. The van der Waals surface area contributed by atoms with Crippen LogP contribution in [0.25, 0.3) is 6.08 Å². The molecule has 0 heterocycles. The van der Waals surface area contributed by atoms with Gasteiger partial charge in [0.15, 0.2) is 5.78 Å². The molecule has 4 aromatic rings. The Morgan fingerprint density at radius 1 is 0.821 bits per heavy atom. The molecule has 0 saturated carbocycles. The number of rotatable bonds is 10. The fourth-order valence-corrected chi connectivity index (χ4v) is 4.57. The van der Waals surface area contributed by atoms with Gasteiger partial charge in [-0.2, -0.15) is 0 Å². The number of aryl methyl sites for hydroxylation is 1. The van der Waals surface area contributed by atoms with Gasteiger partial charge in [0, 0.05) is 21.7 Å². The van der Waals surface area contributed by atoms with Gasteiger partial charge >= 0.3 is 0 Å². The van der Waals surface area contributed by atoms with E-state index in [9.17, 15) is 14.4 Å². The molecule has 4 rings (SSSR count). The highest BCUT2D eigenvalue weighted by atomic mass is 32.2. The minimum atomic E-state index is -0.459. The van der Waals surface area contributed by atoms with Crippen molar-refractivity contribution in [3.05, 3.63) is 131 Å². The normalized spacial score (nSPS) is 11.0. The van der Waals surface area contributed by atoms with Crippen LogP contribution in [0.1, 0.15) is 31.8 Å². The fourth-order valence-electron chi connectivity index (χ4n) is 3.72. The lowest BCUT2D eigenvalue weighted by Gasteiger charge is -2.13. The van der Waals surface area contributed by atoms with E-state index in [1.54, 1.807) is 73.8 Å². The Morgan fingerprint density at radius 3 is 2.26 bits per heavy atom. The lowest BCUT2D eigenvalue weighted by molar-refractivity contribution is -0.113. The van der Waals surface area contributed by atoms with Crippen molar-refractivity contribution in [2.75, 3.05) is 18.2 Å². The van der Waals surface area contributed by atoms with Gasteiger partial charge in [-0.25, -0.2) is 0 Å². The first-order chi connectivity index (χ1) is 18.9. The summed E-state index contributed by atoms with van der Waals surface area (Å²) in [6.07, 6.45) is 1.66. The second kappa shape index (κ2) is 13.3. The van der Waals surface area contributed by atoms with Gasteiger partial charge in [-0.15, -0.1) is 11.8 Å². The zero-order chi connectivity index (χ0) is 27.6. The van der Waals surface area contributed by atoms with Gasteiger partial charge in [0.2, 0.25) is 0 Å². The predicted molar refractivity (Wildman–Crippen MR) is 156 cm³/mol. The number of hydrogen-bond acceptors (Lipinski definition) is 5. The Labute approximate surface area is 232 Å². The smallest absolute Gasteiger partial charge is 0.272 e. The molecule has 39 heavy (non-hydrogen) atoms. The van der Waals surface area contributed by atoms with Crippen LogP contribution in [0.15, 0.2) is 114 Å². The van der Waals surface area contributed by atoms with Crippen LogP contribution >= 0.6 is 11.8 Å². The van der Waals surface area contributed by atoms with E-state index in [1.807, 2.05) is 49.4 Å². The second-order valence-electron chi connectivity index (χ2n) is 8.66. The maximum absolute atomic E-state index is 13.3. The first-order valence-corrected chi connectivity index (χ1v) is 13.3. The molecular formula is C32H28N2O4S. The van der Waals surface area contributed by atoms with Crippen LogP contribution in [0.2, 0.25) is 0 Å². The predicted octanol–water partition coefficient (Wildman–Crippen LogP) is 6.39. The Bertz CT molecular complexity index is 1500. The molecule has 0 aliphatic heterocycles. The van der Waals surface area contributed by atoms with E-state index in [4.69, 9.17) is 4.74 Å². The van der Waals surface area contributed by atoms with E-state index in [2.05, 4.69) is 10.6 Å². The molecule has 196 valence electrons. The van der Waals surface area contributed by atoms with E-state index >= 15 is 0 Å². The number of benzene rings is 4. The van der Waals surface area contributed by atoms with Crippen LogP contribution in [0.5, 0.6) is 5.75 Å². The van der Waals surface area contributed by atoms with E-state index < -0.39 is 5.91 Å². The third kappa shape index (κ3) is 7.69. The molecule has 6 nitrogen and oxygen atoms in total. The molecule has 0 saturated heterocycles. The van der Waals surface area contributed by atoms with E-state index in [0.29, 0.717) is 22.6 Å². The summed E-state index contributed by atoms with van der Waals surface area (Å²) >= 11 is 1.38. The standard InChI is InChI=1S/C32H28N2O4S/c1-22-9-6-7-12-25(22)19-29(34-31(36)24-10-4-3-5-11-24)32(37)33-26-13-8-14-28(20-26)39-21-30(35)23-15-17-27(38-2)18-16-23/h3-20H,21H2,1-2H3,(H,33,37)(H,34,36)/b29-19-. The molecule has 7 heteroatoms. The minimum Gasteiger partial charge on any atom is -0.497 e. The molecule has 0 aliphatic rings. The molecule has 0 aliphatic carbocycles. The molecule has 2 N–H and O–H groups in total. The minimum absolute atomic E-state index is 0.0100. The van der Waals surface area contributed by atoms with Gasteiger partial charge in [0.25, 0.3) is 11.8 Å². The zero-order valence-corrected chi connectivity index (χ0v) is 22.5. The molecular weight excluding hydrogens is 508 g/mol. The molecule has 0 bridgehead atoms. The van der Waals surface area contributed by atoms with Crippen molar-refractivity contribution >= 4 is 41.1 Å². The summed E-state index contributed by atoms with van der Waals surface area (Å²) in [4.78, 5) is 39.7. The Kier molecular flexibility index (Phi) is 9.32. The van der Waals surface area contributed by atoms with Crippen molar-refractivity contribution in [3.8, 4) is 5.75 Å². The van der Waals surface area contributed by atoms with Crippen molar-refractivity contribution in [2.45, 2.75) is 11.8 Å². The van der Waals surface area contributed by atoms with Gasteiger partial charge < -0.3 is 15.4 Å². The van der Waals surface area contributed by atoms with Crippen LogP contribution in [0.4, 0.5) is 5.69 Å². The second-order valence-corrected chi connectivity index (χ2v) is 9.71. The van der Waals surface area contributed by atoms with Crippen LogP contribution in [0, 0.1) is 6.92 Å². The van der Waals surface area contributed by atoms with Crippen LogP contribution in [-0.4, -0.2) is 30.5 Å². The molecule has 0 fully saturated rings. The summed E-state index contributed by atoms with van der Waals surface area (Å²) in [7, 11) is 1.58. The van der Waals surface area contributed by atoms with Crippen LogP contribution in [-0.2, 0) is 4.79 Å². The van der Waals surface area contributed by atoms with E-state index in [0.717, 1.165) is 16.0 Å². The maximum atomic E-state index is 13.3. The van der Waals surface area contributed by atoms with Gasteiger partial charge in [-0.3, -0.25) is 14.4 Å². The summed E-state index contributed by atoms with van der Waals surface area (Å²) < 4.78 is 5.14. The first-order valence-electron chi connectivity index (χ1n) is 12.3. The SMILES string of the molecule is COc1ccc(C(=O)CSc2cccc(NC(=O)/C(=C/c3ccccc3C)NC(=O)c3ccccc3)c2)cc1. The number of hydrogen-bond donors (Lipinski definition) is 2. The average Bonchev–Trinajstić information content (AvgIpc) is 2.97. The highest BCUT2D eigenvalue weighted by Crippen LogP contribution is 2.24. The summed E-state index contributed by atoms with van der Waals surface area (Å²) in [5.41, 5.74) is 3.50. The molecule has 0 unspecified atom stereocenters. The molecule has 0 radical (unpaired) electrons. The molecule has 0 aromatic heterocycles. The Hall–Kier alpha value is -4.62. The van der Waals surface area contributed by atoms with Gasteiger partial charge in [0.05, 0.1) is 12.9 Å². The monoisotopic (exact) mass is 536 g/mol. The molecule has 2 amide bonds. The molecule has 0 spiro atoms. The van der Waals surface area contributed by atoms with Crippen LogP contribution < -0.4 is 15.4 Å². The average molecular weight is 537 g/mol. The third-order valence-electron chi connectivity index (χ3n) is 5.89. The number of carbonyl (C=O) groups is 3. The number of Topliss-reactive ketones (excluding diaryl/α,β-unsaturated/α-hetero) is 1. The van der Waals surface area contributed by atoms with E-state index in [1.165, 1.54) is 11.8 Å². The van der Waals surface area contributed by atoms with Gasteiger partial charge in [-0.1, -0.05) is 48.5 Å². The number of amides is 2. The molecule has 0 atom stereocenters. The Balaban J connectivity index is 1.48. The number of nitrogens with one attached hydrogen (secondary N) is 2. The summed E-state index contributed by atoms with van der Waals surface area (Å²) in [5, 5.41) is 5.64. The number of thioether (sulfide) groups is 1. The summed E-state index contributed by atoms with van der Waals surface area (Å²) in [5.74, 6) is 0.0866. The largest absolute Gasteiger partial charge is 0.497 e. The quantitative estimate of drug-likeness (QED) is 0.139. The number of carbonyl (C=O) groups excluding carboxylic acids is 3. The Morgan fingerprint density at radius 2 is 1.54 bits per heavy atom. The van der Waals surface area contributed by atoms with E-state index in [-0.39, 0.29) is 23.1 Å². The zero-order valence-electron chi connectivity index (χ0n) is 21.6. The highest BCUT2D eigenvalue weighted by Gasteiger charge is 2.16. The van der Waals surface area contributed by atoms with Gasteiger partial charge in [-0.05, 0) is 78.7 Å². The number of ketones is 1. The lowest BCUT2D eigenvalue weighted by Crippen LogP contribution is -2.30. The topological polar surface area (TPSA) is 84.5 Å². The third-order valence-corrected chi connectivity index (χ3v) is 6.88. The van der Waals surface area contributed by atoms with Crippen molar-refractivity contribution < 1.29 is 19.1 Å². The van der Waals surface area contributed by atoms with Crippen molar-refractivity contribution in [1.82, 2.24) is 5.32 Å². The number of anilines is 1. The van der Waals surface area contributed by atoms with Crippen molar-refractivity contribution in [3.63, 3.8) is 0 Å².